The summed E-state index contributed by atoms with van der Waals surface area (Å²) in [7, 11) is 0. The molecule has 0 aromatic heterocycles. The highest BCUT2D eigenvalue weighted by atomic mass is 15.2. The Bertz CT molecular complexity index is 261. The molecule has 1 aliphatic rings. The summed E-state index contributed by atoms with van der Waals surface area (Å²) in [6, 6.07) is 0.424. The first-order chi connectivity index (χ1) is 6.65. The molecule has 0 N–H and O–H groups in total. The van der Waals surface area contributed by atoms with E-state index in [-0.39, 0.29) is 0 Å². The molecule has 1 unspecified atom stereocenters. The average Bonchev–Trinajstić information content (AvgIpc) is 2.15. The van der Waals surface area contributed by atoms with Crippen molar-refractivity contribution in [3.05, 3.63) is 23.9 Å². The topological polar surface area (TPSA) is 15.6 Å². The Morgan fingerprint density at radius 3 is 2.79 bits per heavy atom. The van der Waals surface area contributed by atoms with Crippen molar-refractivity contribution in [1.29, 1.82) is 0 Å². The fourth-order valence-corrected chi connectivity index (χ4v) is 1.43. The Morgan fingerprint density at radius 1 is 1.57 bits per heavy atom. The van der Waals surface area contributed by atoms with E-state index in [1.807, 2.05) is 13.3 Å². The van der Waals surface area contributed by atoms with Gasteiger partial charge in [0.05, 0.1) is 12.4 Å². The van der Waals surface area contributed by atoms with Gasteiger partial charge in [-0.3, -0.25) is 4.99 Å². The van der Waals surface area contributed by atoms with Crippen LogP contribution in [0.5, 0.6) is 0 Å². The van der Waals surface area contributed by atoms with Gasteiger partial charge in [-0.25, -0.2) is 0 Å². The molecule has 0 bridgehead atoms. The minimum absolute atomic E-state index is 0.424. The third-order valence-corrected chi connectivity index (χ3v) is 2.41. The van der Waals surface area contributed by atoms with Crippen LogP contribution in [0.1, 0.15) is 27.7 Å². The van der Waals surface area contributed by atoms with E-state index in [2.05, 4.69) is 49.0 Å². The van der Waals surface area contributed by atoms with E-state index in [0.717, 1.165) is 6.54 Å². The van der Waals surface area contributed by atoms with Gasteiger partial charge in [-0.1, -0.05) is 19.9 Å². The molecule has 1 atom stereocenters. The van der Waals surface area contributed by atoms with Gasteiger partial charge in [-0.2, -0.15) is 0 Å². The maximum absolute atomic E-state index is 4.24. The normalized spacial score (nSPS) is 22.2. The molecule has 1 aliphatic heterocycles. The molecular formula is C12H20N2. The number of nitrogens with zero attached hydrogens (tertiary/aromatic N) is 2. The summed E-state index contributed by atoms with van der Waals surface area (Å²) >= 11 is 0. The number of aliphatic imine (C=N–C) groups is 1. The van der Waals surface area contributed by atoms with Gasteiger partial charge in [0.25, 0.3) is 0 Å². The largest absolute Gasteiger partial charge is 0.333 e. The summed E-state index contributed by atoms with van der Waals surface area (Å²) in [5, 5.41) is 0. The molecule has 0 aromatic rings. The first-order valence-electron chi connectivity index (χ1n) is 5.32. The van der Waals surface area contributed by atoms with E-state index >= 15 is 0 Å². The highest BCUT2D eigenvalue weighted by molar-refractivity contribution is 5.58. The van der Waals surface area contributed by atoms with Crippen LogP contribution in [0.15, 0.2) is 28.9 Å². The van der Waals surface area contributed by atoms with E-state index < -0.39 is 0 Å². The van der Waals surface area contributed by atoms with Gasteiger partial charge in [0.15, 0.2) is 0 Å². The van der Waals surface area contributed by atoms with Crippen molar-refractivity contribution >= 4 is 6.34 Å². The van der Waals surface area contributed by atoms with Gasteiger partial charge in [-0.05, 0) is 31.4 Å². The summed E-state index contributed by atoms with van der Waals surface area (Å²) < 4.78 is 0. The quantitative estimate of drug-likeness (QED) is 0.496. The van der Waals surface area contributed by atoms with E-state index in [1.54, 1.807) is 0 Å². The average molecular weight is 192 g/mol. The summed E-state index contributed by atoms with van der Waals surface area (Å²) in [6.45, 7) is 9.52. The van der Waals surface area contributed by atoms with Gasteiger partial charge in [0.2, 0.25) is 0 Å². The summed E-state index contributed by atoms with van der Waals surface area (Å²) in [6.07, 6.45) is 8.49. The lowest BCUT2D eigenvalue weighted by atomic mass is 9.98. The molecule has 0 aromatic carbocycles. The van der Waals surface area contributed by atoms with Crippen molar-refractivity contribution in [3.8, 4) is 0 Å². The molecule has 78 valence electrons. The third-order valence-electron chi connectivity index (χ3n) is 2.41. The van der Waals surface area contributed by atoms with E-state index in [9.17, 15) is 0 Å². The first-order valence-corrected chi connectivity index (χ1v) is 5.32. The maximum Gasteiger partial charge on any atom is 0.0894 e. The summed E-state index contributed by atoms with van der Waals surface area (Å²) in [5.74, 6) is 0.610. The Kier molecular flexibility index (Phi) is 3.93. The van der Waals surface area contributed by atoms with Crippen LogP contribution in [0.4, 0.5) is 0 Å². The fourth-order valence-electron chi connectivity index (χ4n) is 1.43. The second-order valence-electron chi connectivity index (χ2n) is 3.94. The molecule has 0 amide bonds. The van der Waals surface area contributed by atoms with Crippen LogP contribution in [0, 0.1) is 5.92 Å². The molecule has 0 spiro atoms. The van der Waals surface area contributed by atoms with Crippen LogP contribution in [-0.4, -0.2) is 23.8 Å². The molecule has 1 rings (SSSR count). The monoisotopic (exact) mass is 192 g/mol. The van der Waals surface area contributed by atoms with Crippen molar-refractivity contribution < 1.29 is 0 Å². The van der Waals surface area contributed by atoms with Gasteiger partial charge in [-0.15, -0.1) is 0 Å². The SMILES string of the molecule is CCN=CN1C=CC(C(C)C)=CC1C. The summed E-state index contributed by atoms with van der Waals surface area (Å²) in [4.78, 5) is 6.37. The lowest BCUT2D eigenvalue weighted by Crippen LogP contribution is -2.28. The zero-order chi connectivity index (χ0) is 10.6. The van der Waals surface area contributed by atoms with Crippen molar-refractivity contribution in [2.45, 2.75) is 33.7 Å². The molecule has 14 heavy (non-hydrogen) atoms. The maximum atomic E-state index is 4.24. The minimum atomic E-state index is 0.424. The standard InChI is InChI=1S/C12H20N2/c1-5-13-9-14-7-6-12(10(2)3)8-11(14)4/h6-11H,5H2,1-4H3. The summed E-state index contributed by atoms with van der Waals surface area (Å²) in [5.41, 5.74) is 1.42. The molecular weight excluding hydrogens is 172 g/mol. The van der Waals surface area contributed by atoms with Gasteiger partial charge < -0.3 is 4.90 Å². The van der Waals surface area contributed by atoms with E-state index in [1.165, 1.54) is 5.57 Å². The molecule has 0 saturated heterocycles. The number of hydrogen-bond acceptors (Lipinski definition) is 1. The molecule has 0 aliphatic carbocycles. The molecule has 2 nitrogen and oxygen atoms in total. The lowest BCUT2D eigenvalue weighted by molar-refractivity contribution is 0.495. The first kappa shape index (κ1) is 11.0. The van der Waals surface area contributed by atoms with Crippen molar-refractivity contribution in [2.75, 3.05) is 6.54 Å². The van der Waals surface area contributed by atoms with Crippen LogP contribution in [0.25, 0.3) is 0 Å². The highest BCUT2D eigenvalue weighted by Gasteiger charge is 2.12. The third kappa shape index (κ3) is 2.72. The van der Waals surface area contributed by atoms with Crippen LogP contribution >= 0.6 is 0 Å². The lowest BCUT2D eigenvalue weighted by Gasteiger charge is -2.26. The van der Waals surface area contributed by atoms with Gasteiger partial charge >= 0.3 is 0 Å². The second kappa shape index (κ2) is 4.99. The molecule has 2 heteroatoms. The van der Waals surface area contributed by atoms with Crippen molar-refractivity contribution in [2.24, 2.45) is 10.9 Å². The van der Waals surface area contributed by atoms with Crippen LogP contribution in [-0.2, 0) is 0 Å². The van der Waals surface area contributed by atoms with E-state index in [0.29, 0.717) is 12.0 Å². The second-order valence-corrected chi connectivity index (χ2v) is 3.94. The Labute approximate surface area is 87.0 Å². The van der Waals surface area contributed by atoms with Gasteiger partial charge in [0.1, 0.15) is 0 Å². The van der Waals surface area contributed by atoms with Crippen molar-refractivity contribution in [1.82, 2.24) is 4.90 Å². The van der Waals surface area contributed by atoms with E-state index in [4.69, 9.17) is 0 Å². The Balaban J connectivity index is 2.66. The number of hydrogen-bond donors (Lipinski definition) is 0. The molecule has 0 saturated carbocycles. The predicted octanol–water partition coefficient (Wildman–Crippen LogP) is 2.83. The molecule has 1 heterocycles. The zero-order valence-corrected chi connectivity index (χ0v) is 9.57. The Morgan fingerprint density at radius 2 is 2.29 bits per heavy atom. The van der Waals surface area contributed by atoms with Crippen LogP contribution < -0.4 is 0 Å². The number of allylic oxidation sites excluding steroid dienone is 2. The molecule has 0 fully saturated rings. The minimum Gasteiger partial charge on any atom is -0.333 e. The van der Waals surface area contributed by atoms with Crippen LogP contribution in [0.3, 0.4) is 0 Å². The van der Waals surface area contributed by atoms with Gasteiger partial charge in [0, 0.05) is 12.7 Å². The Hall–Kier alpha value is -1.05. The van der Waals surface area contributed by atoms with Crippen molar-refractivity contribution in [3.63, 3.8) is 0 Å². The molecule has 0 radical (unpaired) electrons. The van der Waals surface area contributed by atoms with Crippen LogP contribution in [0.2, 0.25) is 0 Å². The smallest absolute Gasteiger partial charge is 0.0894 e. The zero-order valence-electron chi connectivity index (χ0n) is 9.57. The fraction of sp³-hybridized carbons (Fsp3) is 0.583. The highest BCUT2D eigenvalue weighted by Crippen LogP contribution is 2.18. The number of rotatable bonds is 3. The predicted molar refractivity (Wildman–Crippen MR) is 62.4 cm³/mol.